The van der Waals surface area contributed by atoms with Gasteiger partial charge in [-0.3, -0.25) is 19.4 Å². The molecule has 1 saturated carbocycles. The maximum atomic E-state index is 12.8. The second-order valence-corrected chi connectivity index (χ2v) is 11.4. The Morgan fingerprint density at radius 3 is 2.00 bits per heavy atom. The molecule has 1 aromatic rings. The molecule has 2 bridgehead atoms. The molecule has 9 heteroatoms. The van der Waals surface area contributed by atoms with Crippen LogP contribution in [0.4, 0.5) is 0 Å². The second kappa shape index (κ2) is 7.55. The highest BCUT2D eigenvalue weighted by molar-refractivity contribution is 9.10. The van der Waals surface area contributed by atoms with E-state index < -0.39 is 10.0 Å². The number of likely N-dealkylation sites (tertiary alicyclic amines) is 1. The molecule has 160 valence electrons. The number of benzene rings is 1. The summed E-state index contributed by atoms with van der Waals surface area (Å²) in [7, 11) is -3.51. The summed E-state index contributed by atoms with van der Waals surface area (Å²) in [6.07, 6.45) is 5.15. The molecular formula is C21H24BrN3O4S. The molecule has 0 N–H and O–H groups in total. The van der Waals surface area contributed by atoms with Crippen LogP contribution in [0.2, 0.25) is 0 Å². The Morgan fingerprint density at radius 2 is 1.43 bits per heavy atom. The molecule has 30 heavy (non-hydrogen) atoms. The molecule has 7 nitrogen and oxygen atoms in total. The van der Waals surface area contributed by atoms with Gasteiger partial charge in [-0.25, -0.2) is 8.42 Å². The van der Waals surface area contributed by atoms with Gasteiger partial charge >= 0.3 is 0 Å². The lowest BCUT2D eigenvalue weighted by Gasteiger charge is -2.34. The minimum absolute atomic E-state index is 0.0155. The Labute approximate surface area is 184 Å². The molecule has 0 radical (unpaired) electrons. The smallest absolute Gasteiger partial charge is 0.243 e. The largest absolute Gasteiger partial charge is 0.299 e. The maximum absolute atomic E-state index is 12.8. The molecule has 0 spiro atoms. The van der Waals surface area contributed by atoms with Crippen molar-refractivity contribution in [3.8, 4) is 0 Å². The van der Waals surface area contributed by atoms with Gasteiger partial charge in [0.15, 0.2) is 0 Å². The van der Waals surface area contributed by atoms with Gasteiger partial charge in [0.05, 0.1) is 16.7 Å². The van der Waals surface area contributed by atoms with Crippen molar-refractivity contribution in [1.82, 2.24) is 14.1 Å². The highest BCUT2D eigenvalue weighted by Crippen LogP contribution is 2.52. The standard InChI is InChI=1S/C21H24BrN3O4S/c22-16-3-5-17(6-4-16)30(28,29)24-10-7-23(8-11-24)9-12-25-20(26)18-14-1-2-15(13-14)19(18)21(25)27/h1-6,14-15,18-19H,7-13H2/t14-,15+,18-,19-/m0/s1. The van der Waals surface area contributed by atoms with Crippen LogP contribution >= 0.6 is 15.9 Å². The van der Waals surface area contributed by atoms with Crippen LogP contribution in [0.5, 0.6) is 0 Å². The first-order valence-electron chi connectivity index (χ1n) is 10.4. The molecule has 0 aromatic heterocycles. The SMILES string of the molecule is O=C1[C@@H]2[C@@H](C(=O)N1CCN1CCN(S(=O)(=O)c3ccc(Br)cc3)CC1)[C@H]1C=C[C@@H]2C1. The number of nitrogens with zero attached hydrogens (tertiary/aromatic N) is 3. The fraction of sp³-hybridized carbons (Fsp3) is 0.524. The first-order valence-corrected chi connectivity index (χ1v) is 12.6. The summed E-state index contributed by atoms with van der Waals surface area (Å²) in [6.45, 7) is 2.96. The van der Waals surface area contributed by atoms with E-state index in [0.29, 0.717) is 44.2 Å². The monoisotopic (exact) mass is 493 g/mol. The lowest BCUT2D eigenvalue weighted by atomic mass is 9.85. The third kappa shape index (κ3) is 3.26. The van der Waals surface area contributed by atoms with Crippen molar-refractivity contribution in [1.29, 1.82) is 0 Å². The van der Waals surface area contributed by atoms with E-state index in [-0.39, 0.29) is 35.5 Å². The van der Waals surface area contributed by atoms with Gasteiger partial charge in [0.25, 0.3) is 0 Å². The van der Waals surface area contributed by atoms with Crippen LogP contribution in [0.25, 0.3) is 0 Å². The van der Waals surface area contributed by atoms with Crippen LogP contribution in [0, 0.1) is 23.7 Å². The number of piperazine rings is 1. The van der Waals surface area contributed by atoms with Crippen molar-refractivity contribution in [3.63, 3.8) is 0 Å². The number of allylic oxidation sites excluding steroid dienone is 2. The average Bonchev–Trinajstić information content (AvgIpc) is 3.42. The molecule has 2 saturated heterocycles. The number of amides is 2. The van der Waals surface area contributed by atoms with E-state index in [4.69, 9.17) is 0 Å². The lowest BCUT2D eigenvalue weighted by molar-refractivity contribution is -0.140. The van der Waals surface area contributed by atoms with Gasteiger partial charge in [-0.05, 0) is 42.5 Å². The zero-order chi connectivity index (χ0) is 21.0. The summed E-state index contributed by atoms with van der Waals surface area (Å²) in [4.78, 5) is 29.5. The first kappa shape index (κ1) is 20.4. The van der Waals surface area contributed by atoms with Crippen LogP contribution < -0.4 is 0 Å². The second-order valence-electron chi connectivity index (χ2n) is 8.53. The molecule has 2 aliphatic heterocycles. The van der Waals surface area contributed by atoms with E-state index in [1.165, 1.54) is 9.21 Å². The van der Waals surface area contributed by atoms with Crippen molar-refractivity contribution < 1.29 is 18.0 Å². The fourth-order valence-corrected chi connectivity index (χ4v) is 7.06. The fourth-order valence-electron chi connectivity index (χ4n) is 5.38. The Morgan fingerprint density at radius 1 is 0.867 bits per heavy atom. The van der Waals surface area contributed by atoms with Crippen LogP contribution in [0.1, 0.15) is 6.42 Å². The highest BCUT2D eigenvalue weighted by Gasteiger charge is 2.59. The Kier molecular flexibility index (Phi) is 5.12. The maximum Gasteiger partial charge on any atom is 0.243 e. The topological polar surface area (TPSA) is 78.0 Å². The molecule has 4 atom stereocenters. The number of sulfonamides is 1. The molecule has 0 unspecified atom stereocenters. The van der Waals surface area contributed by atoms with Gasteiger partial charge in [-0.2, -0.15) is 4.31 Å². The van der Waals surface area contributed by atoms with Crippen LogP contribution in [-0.2, 0) is 19.6 Å². The number of carbonyl (C=O) groups excluding carboxylic acids is 2. The van der Waals surface area contributed by atoms with Crippen molar-refractivity contribution in [3.05, 3.63) is 40.9 Å². The number of hydrogen-bond donors (Lipinski definition) is 0. The number of carbonyl (C=O) groups is 2. The Hall–Kier alpha value is -1.55. The van der Waals surface area contributed by atoms with Crippen LogP contribution in [0.15, 0.2) is 45.8 Å². The van der Waals surface area contributed by atoms with Gasteiger partial charge in [0.2, 0.25) is 21.8 Å². The molecule has 2 aliphatic carbocycles. The summed E-state index contributed by atoms with van der Waals surface area (Å²) >= 11 is 3.32. The number of hydrogen-bond acceptors (Lipinski definition) is 5. The third-order valence-electron chi connectivity index (χ3n) is 6.98. The summed E-state index contributed by atoms with van der Waals surface area (Å²) in [6, 6.07) is 6.67. The Balaban J connectivity index is 1.16. The lowest BCUT2D eigenvalue weighted by Crippen LogP contribution is -2.50. The quantitative estimate of drug-likeness (QED) is 0.459. The van der Waals surface area contributed by atoms with E-state index in [9.17, 15) is 18.0 Å². The highest BCUT2D eigenvalue weighted by atomic mass is 79.9. The molecule has 5 rings (SSSR count). The van der Waals surface area contributed by atoms with Crippen molar-refractivity contribution in [2.75, 3.05) is 39.3 Å². The van der Waals surface area contributed by atoms with E-state index in [2.05, 4.69) is 33.0 Å². The molecule has 1 aromatic carbocycles. The van der Waals surface area contributed by atoms with Crippen LogP contribution in [0.3, 0.4) is 0 Å². The third-order valence-corrected chi connectivity index (χ3v) is 9.43. The van der Waals surface area contributed by atoms with E-state index >= 15 is 0 Å². The van der Waals surface area contributed by atoms with Gasteiger partial charge in [0, 0.05) is 43.7 Å². The predicted octanol–water partition coefficient (Wildman–Crippen LogP) is 1.56. The number of halogens is 1. The first-order chi connectivity index (χ1) is 14.4. The van der Waals surface area contributed by atoms with Gasteiger partial charge in [0.1, 0.15) is 0 Å². The molecule has 2 heterocycles. The number of fused-ring (bicyclic) bond motifs is 5. The zero-order valence-electron chi connectivity index (χ0n) is 16.5. The average molecular weight is 494 g/mol. The minimum Gasteiger partial charge on any atom is -0.299 e. The number of imide groups is 1. The van der Waals surface area contributed by atoms with Gasteiger partial charge in [-0.15, -0.1) is 0 Å². The zero-order valence-corrected chi connectivity index (χ0v) is 18.9. The normalized spacial score (nSPS) is 31.7. The van der Waals surface area contributed by atoms with Gasteiger partial charge in [-0.1, -0.05) is 28.1 Å². The number of rotatable bonds is 5. The molecule has 4 aliphatic rings. The predicted molar refractivity (Wildman–Crippen MR) is 114 cm³/mol. The van der Waals surface area contributed by atoms with Crippen molar-refractivity contribution >= 4 is 37.8 Å². The summed E-state index contributed by atoms with van der Waals surface area (Å²) in [5, 5.41) is 0. The summed E-state index contributed by atoms with van der Waals surface area (Å²) in [5.41, 5.74) is 0. The van der Waals surface area contributed by atoms with Gasteiger partial charge < -0.3 is 0 Å². The summed E-state index contributed by atoms with van der Waals surface area (Å²) < 4.78 is 28.0. The Bertz CT molecular complexity index is 972. The van der Waals surface area contributed by atoms with E-state index in [1.807, 2.05) is 0 Å². The van der Waals surface area contributed by atoms with Crippen molar-refractivity contribution in [2.45, 2.75) is 11.3 Å². The minimum atomic E-state index is -3.51. The van der Waals surface area contributed by atoms with E-state index in [1.54, 1.807) is 24.3 Å². The molecule has 3 fully saturated rings. The van der Waals surface area contributed by atoms with Crippen LogP contribution in [-0.4, -0.2) is 73.6 Å². The molecular weight excluding hydrogens is 470 g/mol. The summed E-state index contributed by atoms with van der Waals surface area (Å²) in [5.74, 6) is 0.125. The molecule has 2 amide bonds. The van der Waals surface area contributed by atoms with Crippen molar-refractivity contribution in [2.24, 2.45) is 23.7 Å². The van der Waals surface area contributed by atoms with E-state index in [0.717, 1.165) is 10.9 Å².